The normalized spacial score (nSPS) is 16.7. The van der Waals surface area contributed by atoms with Gasteiger partial charge in [0, 0.05) is 103 Å². The molecule has 0 bridgehead atoms. The van der Waals surface area contributed by atoms with Crippen molar-refractivity contribution in [2.24, 2.45) is 29.1 Å². The SMILES string of the molecule is CC(C)COc1cc(F)cc(-c2ccc(C(=O)NS(=O)(=O)c3cccc(N)n3)c(N3CCCCC(C)(C)C3)n2)c1.CC(C)Oc1ccc(-c2ccc(C(=O)NS(=O)(=O)c3cccnc3N)c(N3C[C@@H](C)CC3(C)C)n2)cc1.CC1CN(c2ncccc2C(=O)NS(=O)(=O)c2cccc(Oc3ccc(C(C)C)cc3)n2)C(C)(C)C1.COc1cc(F)c(F)cc1-c1ccc(C(=O)NS(=O)(=O)c2ccc[nH]c2=O)c(N2C[C@@H](C)CC2(C)C)n1. The van der Waals surface area contributed by atoms with Crippen molar-refractivity contribution in [1.82, 2.24) is 58.8 Å². The van der Waals surface area contributed by atoms with Crippen LogP contribution in [0.4, 0.5) is 48.1 Å². The van der Waals surface area contributed by atoms with Crippen LogP contribution in [0.5, 0.6) is 28.9 Å². The number of hydrogen-bond acceptors (Lipinski definition) is 30. The van der Waals surface area contributed by atoms with Crippen LogP contribution in [0.2, 0.25) is 0 Å². The molecule has 4 aliphatic rings. The second-order valence-electron chi connectivity index (χ2n) is 41.4. The molecule has 9 N–H and O–H groups in total. The number of rotatable bonds is 28. The van der Waals surface area contributed by atoms with Crippen LogP contribution in [0.25, 0.3) is 33.8 Å². The van der Waals surface area contributed by atoms with Gasteiger partial charge in [-0.15, -0.1) is 0 Å². The number of sulfonamides is 4. The first kappa shape index (κ1) is 113. The first-order valence-corrected chi connectivity index (χ1v) is 54.9. The summed E-state index contributed by atoms with van der Waals surface area (Å²) in [7, 11) is -16.0. The number of methoxy groups -OCH3 is 1. The van der Waals surface area contributed by atoms with Crippen LogP contribution in [0, 0.1) is 46.5 Å². The third-order valence-corrected chi connectivity index (χ3v) is 30.6. The van der Waals surface area contributed by atoms with Gasteiger partial charge in [0.2, 0.25) is 5.88 Å². The number of amides is 4. The third kappa shape index (κ3) is 27.7. The fourth-order valence-corrected chi connectivity index (χ4v) is 22.7. The maximum Gasteiger partial charge on any atom is 0.281 e. The van der Waals surface area contributed by atoms with E-state index in [1.165, 1.54) is 98.4 Å². The number of benzene rings is 4. The molecule has 796 valence electrons. The van der Waals surface area contributed by atoms with Crippen molar-refractivity contribution < 1.29 is 85.0 Å². The van der Waals surface area contributed by atoms with Crippen LogP contribution in [0.15, 0.2) is 231 Å². The first-order chi connectivity index (χ1) is 70.5. The van der Waals surface area contributed by atoms with Crippen molar-refractivity contribution in [3.05, 3.63) is 262 Å². The van der Waals surface area contributed by atoms with E-state index in [-0.39, 0.29) is 112 Å². The summed E-state index contributed by atoms with van der Waals surface area (Å²) in [5.74, 6) is -1.33. The number of aromatic nitrogens is 8. The second-order valence-corrected chi connectivity index (χ2v) is 47.9. The molecule has 150 heavy (non-hydrogen) atoms. The first-order valence-electron chi connectivity index (χ1n) is 48.9. The largest absolute Gasteiger partial charge is 0.496 e. The number of halogens is 3. The maximum atomic E-state index is 14.6. The van der Waals surface area contributed by atoms with E-state index in [2.05, 4.69) is 123 Å². The number of aromatic amines is 1. The zero-order chi connectivity index (χ0) is 109. The van der Waals surface area contributed by atoms with E-state index >= 15 is 0 Å². The Balaban J connectivity index is 0.000000167. The summed E-state index contributed by atoms with van der Waals surface area (Å²) in [5, 5.41) is -0.677. The van der Waals surface area contributed by atoms with Gasteiger partial charge in [-0.25, -0.2) is 78.8 Å². The summed E-state index contributed by atoms with van der Waals surface area (Å²) >= 11 is 0. The van der Waals surface area contributed by atoms with Crippen LogP contribution in [-0.4, -0.2) is 166 Å². The summed E-state index contributed by atoms with van der Waals surface area (Å²) in [6.07, 6.45) is 9.84. The Morgan fingerprint density at radius 3 is 1.51 bits per heavy atom. The van der Waals surface area contributed by atoms with Gasteiger partial charge in [-0.05, 0) is 274 Å². The van der Waals surface area contributed by atoms with Gasteiger partial charge in [0.05, 0.1) is 59.2 Å². The van der Waals surface area contributed by atoms with E-state index in [1.807, 2.05) is 112 Å². The molecule has 12 heterocycles. The lowest BCUT2D eigenvalue weighted by atomic mass is 9.88. The predicted octanol–water partition coefficient (Wildman–Crippen LogP) is 17.9. The summed E-state index contributed by atoms with van der Waals surface area (Å²) in [4.78, 5) is 105. The standard InChI is InChI=1S/C29H36FN5O4S.C27H33N5O4S.C27H32N4O4S.C25H26F2N4O5S/c1-19(2)17-39-22-15-20(14-21(30)16-22)24-11-10-23(27(32-24)35-13-6-5-12-29(3,4)18-35)28(36)34-40(37,38)26-9-7-8-25(31)33-26;1-17(2)36-20-10-8-19(9-11-20)22-13-12-21(25(30-22)32-16-18(3)15-27(32,4)5)26(33)31-37(34,35)23-7-6-14-29-24(23)28;1-18(2)20-11-13-21(14-12-20)35-23-9-6-10-24(29-23)36(33,34)30-26(32)22-8-7-15-28-25(22)31-17-19(3)16-27(31,4)5;1-14-12-25(2,3)31(13-14)22-15(23(32)30-37(34,35)21-6-5-9-28-24(21)33)7-8-19(29-22)16-10-17(26)18(27)11-20(16)36-4/h7-11,14-16,19H,5-6,12-13,17-18H2,1-4H3,(H2,31,33)(H,34,36);6-14,17-18H,15-16H2,1-5H3,(H2,28,29)(H,31,33);6-15,18-19H,16-17H2,1-5H3,(H,30,32);5-11,14H,12-13H2,1-4H3,(H,28,33)(H,30,32)/t;18-;;14-/m.0.0/s1. The smallest absolute Gasteiger partial charge is 0.281 e. The number of nitrogens with zero attached hydrogens (tertiary/aromatic N) is 11. The quantitative estimate of drug-likeness (QED) is 0.0239. The molecule has 4 aliphatic heterocycles. The summed E-state index contributed by atoms with van der Waals surface area (Å²) in [5.41, 5.74) is 13.9. The molecule has 0 saturated carbocycles. The van der Waals surface area contributed by atoms with E-state index in [0.717, 1.165) is 80.1 Å². The van der Waals surface area contributed by atoms with Gasteiger partial charge in [-0.2, -0.15) is 21.8 Å². The molecule has 4 fully saturated rings. The highest BCUT2D eigenvalue weighted by molar-refractivity contribution is 7.91. The van der Waals surface area contributed by atoms with E-state index in [0.29, 0.717) is 96.4 Å². The third-order valence-electron chi connectivity index (χ3n) is 25.4. The number of nitrogens with one attached hydrogen (secondary N) is 5. The molecule has 12 aromatic rings. The molecular weight excluding hydrogens is 2010 g/mol. The molecule has 3 atom stereocenters. The minimum atomic E-state index is -4.50. The van der Waals surface area contributed by atoms with Gasteiger partial charge in [0.15, 0.2) is 26.6 Å². The number of H-pyrrole nitrogens is 1. The summed E-state index contributed by atoms with van der Waals surface area (Å²) < 4.78 is 177. The monoisotopic (exact) mass is 2130 g/mol. The molecule has 4 amide bonds. The Morgan fingerprint density at radius 2 is 0.973 bits per heavy atom. The zero-order valence-electron chi connectivity index (χ0n) is 86.9. The Labute approximate surface area is 873 Å². The second kappa shape index (κ2) is 46.2. The molecule has 16 rings (SSSR count). The van der Waals surface area contributed by atoms with Crippen molar-refractivity contribution in [2.45, 2.75) is 205 Å². The van der Waals surface area contributed by atoms with Crippen molar-refractivity contribution in [2.75, 3.05) is 77.5 Å². The highest BCUT2D eigenvalue weighted by Crippen LogP contribution is 2.44. The number of hydrogen-bond donors (Lipinski definition) is 7. The zero-order valence-corrected chi connectivity index (χ0v) is 90.1. The summed E-state index contributed by atoms with van der Waals surface area (Å²) in [6.45, 7) is 38.7. The van der Waals surface area contributed by atoms with Crippen molar-refractivity contribution in [1.29, 1.82) is 0 Å². The van der Waals surface area contributed by atoms with E-state index in [9.17, 15) is 70.8 Å². The molecule has 4 saturated heterocycles. The molecule has 0 aliphatic carbocycles. The highest BCUT2D eigenvalue weighted by atomic mass is 32.2. The molecule has 42 heteroatoms. The number of nitrogens with two attached hydrogens (primary N) is 2. The van der Waals surface area contributed by atoms with E-state index < -0.39 is 97.2 Å². The van der Waals surface area contributed by atoms with Crippen LogP contribution in [0.1, 0.15) is 209 Å². The van der Waals surface area contributed by atoms with Gasteiger partial charge in [-0.3, -0.25) is 24.0 Å². The fourth-order valence-electron chi connectivity index (χ4n) is 18.8. The molecule has 4 aromatic carbocycles. The Morgan fingerprint density at radius 1 is 0.487 bits per heavy atom. The van der Waals surface area contributed by atoms with Crippen LogP contribution in [0.3, 0.4) is 0 Å². The van der Waals surface area contributed by atoms with Crippen molar-refractivity contribution >= 4 is 98.6 Å². The van der Waals surface area contributed by atoms with Gasteiger partial charge in [0.25, 0.3) is 69.3 Å². The van der Waals surface area contributed by atoms with Crippen molar-refractivity contribution in [3.8, 4) is 62.7 Å². The lowest BCUT2D eigenvalue weighted by Crippen LogP contribution is -2.41. The minimum Gasteiger partial charge on any atom is -0.496 e. The predicted molar refractivity (Wildman–Crippen MR) is 569 cm³/mol. The number of anilines is 6. The number of carbonyl (C=O) groups excluding carboxylic acids is 4. The minimum absolute atomic E-state index is 0.0145. The molecule has 0 radical (unpaired) electrons. The molecule has 8 aromatic heterocycles. The van der Waals surface area contributed by atoms with Crippen molar-refractivity contribution in [3.63, 3.8) is 0 Å². The van der Waals surface area contributed by atoms with Gasteiger partial charge in [0.1, 0.15) is 68.6 Å². The number of carbonyl (C=O) groups is 4. The van der Waals surface area contributed by atoms with E-state index in [4.69, 9.17) is 40.4 Å². The van der Waals surface area contributed by atoms with E-state index in [1.54, 1.807) is 48.7 Å². The molecule has 35 nitrogen and oxygen atoms in total. The Bertz CT molecular complexity index is 7560. The van der Waals surface area contributed by atoms with Gasteiger partial charge in [-0.1, -0.05) is 93.0 Å². The fraction of sp³-hybridized carbons (Fsp3) is 0.370. The van der Waals surface area contributed by atoms with Crippen LogP contribution >= 0.6 is 0 Å². The van der Waals surface area contributed by atoms with Crippen LogP contribution < -0.4 is 74.5 Å². The molecular formula is C108H127F3N18O17S4. The average molecular weight is 2130 g/mol. The molecule has 0 spiro atoms. The van der Waals surface area contributed by atoms with Crippen LogP contribution in [-0.2, 0) is 40.1 Å². The average Bonchev–Trinajstić information content (AvgIpc) is 1.68. The number of nitrogen functional groups attached to an aromatic ring is 2. The van der Waals surface area contributed by atoms with Gasteiger partial charge < -0.3 is 55.0 Å². The Kier molecular flexibility index (Phi) is 34.7. The molecule has 1 unspecified atom stereocenters. The maximum absolute atomic E-state index is 14.6. The number of ether oxygens (including phenoxy) is 4. The van der Waals surface area contributed by atoms with Gasteiger partial charge >= 0.3 is 0 Å². The Hall–Kier alpha value is -14.7. The number of pyridine rings is 8. The topological polar surface area (TPSA) is 478 Å². The highest BCUT2D eigenvalue weighted by Gasteiger charge is 2.44. The summed E-state index contributed by atoms with van der Waals surface area (Å²) in [6, 6.07) is 47.4. The lowest BCUT2D eigenvalue weighted by molar-refractivity contribution is 0.0972. The lowest BCUT2D eigenvalue weighted by Gasteiger charge is -2.34.